The number of nitrogens with one attached hydrogen (secondary N) is 1. The first-order valence-electron chi connectivity index (χ1n) is 11.1. The van der Waals surface area contributed by atoms with Gasteiger partial charge in [-0.2, -0.15) is 0 Å². The predicted octanol–water partition coefficient (Wildman–Crippen LogP) is 5.47. The Labute approximate surface area is 197 Å². The van der Waals surface area contributed by atoms with Gasteiger partial charge in [-0.25, -0.2) is 9.38 Å². The number of halogens is 1. The monoisotopic (exact) mass is 469 g/mol. The van der Waals surface area contributed by atoms with Gasteiger partial charge in [-0.15, -0.1) is 0 Å². The zero-order valence-corrected chi connectivity index (χ0v) is 19.7. The van der Waals surface area contributed by atoms with Gasteiger partial charge >= 0.3 is 0 Å². The van der Waals surface area contributed by atoms with Gasteiger partial charge in [0.2, 0.25) is 5.91 Å². The van der Waals surface area contributed by atoms with Gasteiger partial charge < -0.3 is 14.8 Å². The zero-order chi connectivity index (χ0) is 23.3. The molecule has 8 heteroatoms. The predicted molar refractivity (Wildman–Crippen MR) is 131 cm³/mol. The molecule has 2 aliphatic rings. The number of hydrogen-bond donors (Lipinski definition) is 1. The fraction of sp³-hybridized carbons (Fsp3) is 0.400. The highest BCUT2D eigenvalue weighted by Crippen LogP contribution is 2.38. The van der Waals surface area contributed by atoms with E-state index in [4.69, 9.17) is 19.5 Å². The molecule has 2 aromatic rings. The summed E-state index contributed by atoms with van der Waals surface area (Å²) < 4.78 is 24.0. The number of ether oxygens (including phenoxy) is 2. The lowest BCUT2D eigenvalue weighted by molar-refractivity contribution is -0.113. The maximum absolute atomic E-state index is 13.1. The van der Waals surface area contributed by atoms with Crippen LogP contribution in [0.1, 0.15) is 44.1 Å². The summed E-state index contributed by atoms with van der Waals surface area (Å²) in [7, 11) is 3.23. The van der Waals surface area contributed by atoms with E-state index >= 15 is 0 Å². The second-order valence-corrected chi connectivity index (χ2v) is 9.18. The molecule has 1 aliphatic carbocycles. The molecule has 0 unspecified atom stereocenters. The third-order valence-corrected chi connectivity index (χ3v) is 6.79. The van der Waals surface area contributed by atoms with Gasteiger partial charge in [-0.3, -0.25) is 9.79 Å². The highest BCUT2D eigenvalue weighted by Gasteiger charge is 2.37. The number of aliphatic imine (C=N–C) groups is 2. The molecule has 6 nitrogen and oxygen atoms in total. The first-order chi connectivity index (χ1) is 16.0. The summed E-state index contributed by atoms with van der Waals surface area (Å²) in [6, 6.07) is 11.4. The Morgan fingerprint density at radius 1 is 1.00 bits per heavy atom. The lowest BCUT2D eigenvalue weighted by Crippen LogP contribution is -2.20. The first kappa shape index (κ1) is 23.3. The number of nitrogens with zero attached hydrogens (tertiary/aromatic N) is 2. The van der Waals surface area contributed by atoms with E-state index in [1.54, 1.807) is 26.4 Å². The first-order valence-corrected chi connectivity index (χ1v) is 12.1. The summed E-state index contributed by atoms with van der Waals surface area (Å²) in [5.74, 6) is 0.996. The Kier molecular flexibility index (Phi) is 7.33. The van der Waals surface area contributed by atoms with Crippen molar-refractivity contribution in [2.24, 2.45) is 9.98 Å². The van der Waals surface area contributed by atoms with Gasteiger partial charge in [-0.1, -0.05) is 24.6 Å². The standard InChI is InChI=1S/C25H28FN3O3S/c1-31-20-13-17(14-21(15-20)32-2)23-24(29-25(28-23)11-5-3-4-6-12-25)33-16-22(30)27-19-9-7-18(26)8-10-19/h7-10,13-15H,3-6,11-12,16H2,1-2H3,(H,27,30). The molecule has 1 amide bonds. The van der Waals surface area contributed by atoms with E-state index in [1.165, 1.54) is 36.7 Å². The molecule has 0 saturated heterocycles. The molecule has 1 N–H and O–H groups in total. The number of anilines is 1. The summed E-state index contributed by atoms with van der Waals surface area (Å²) in [6.07, 6.45) is 6.37. The van der Waals surface area contributed by atoms with Gasteiger partial charge in [0, 0.05) is 17.3 Å². The van der Waals surface area contributed by atoms with E-state index in [2.05, 4.69) is 5.32 Å². The maximum Gasteiger partial charge on any atom is 0.234 e. The van der Waals surface area contributed by atoms with Gasteiger partial charge in [0.25, 0.3) is 0 Å². The summed E-state index contributed by atoms with van der Waals surface area (Å²) in [5.41, 5.74) is 1.73. The average molecular weight is 470 g/mol. The summed E-state index contributed by atoms with van der Waals surface area (Å²) in [6.45, 7) is 0. The normalized spacial score (nSPS) is 17.2. The van der Waals surface area contributed by atoms with Gasteiger partial charge in [0.1, 0.15) is 22.4 Å². The highest BCUT2D eigenvalue weighted by atomic mass is 32.2. The smallest absolute Gasteiger partial charge is 0.234 e. The van der Waals surface area contributed by atoms with Crippen LogP contribution in [0.4, 0.5) is 10.1 Å². The van der Waals surface area contributed by atoms with Crippen LogP contribution >= 0.6 is 11.8 Å². The zero-order valence-electron chi connectivity index (χ0n) is 18.9. The van der Waals surface area contributed by atoms with Gasteiger partial charge in [0.15, 0.2) is 5.66 Å². The van der Waals surface area contributed by atoms with E-state index < -0.39 is 5.66 Å². The number of carbonyl (C=O) groups is 1. The summed E-state index contributed by atoms with van der Waals surface area (Å²) >= 11 is 1.37. The van der Waals surface area contributed by atoms with Crippen molar-refractivity contribution < 1.29 is 18.7 Å². The van der Waals surface area contributed by atoms with Crippen molar-refractivity contribution in [1.29, 1.82) is 0 Å². The van der Waals surface area contributed by atoms with E-state index in [0.717, 1.165) is 42.0 Å². The molecular weight excluding hydrogens is 441 g/mol. The lowest BCUT2D eigenvalue weighted by atomic mass is 10.0. The third kappa shape index (κ3) is 5.74. The van der Waals surface area contributed by atoms with Crippen LogP contribution in [0.5, 0.6) is 11.5 Å². The van der Waals surface area contributed by atoms with E-state index in [9.17, 15) is 9.18 Å². The summed E-state index contributed by atoms with van der Waals surface area (Å²) in [4.78, 5) is 22.7. The molecule has 0 bridgehead atoms. The van der Waals surface area contributed by atoms with E-state index in [0.29, 0.717) is 17.2 Å². The molecular formula is C25H28FN3O3S. The van der Waals surface area contributed by atoms with Crippen LogP contribution in [0.3, 0.4) is 0 Å². The Bertz CT molecular complexity index is 1040. The number of methoxy groups -OCH3 is 2. The second kappa shape index (κ2) is 10.4. The van der Waals surface area contributed by atoms with Crippen molar-refractivity contribution in [1.82, 2.24) is 0 Å². The SMILES string of the molecule is COc1cc(OC)cc(C2=NC3(CCCCCC3)N=C2SCC(=O)Nc2ccc(F)cc2)c1. The van der Waals surface area contributed by atoms with Crippen LogP contribution in [0.25, 0.3) is 0 Å². The van der Waals surface area contributed by atoms with Crippen molar-refractivity contribution >= 4 is 34.1 Å². The fourth-order valence-corrected chi connectivity index (χ4v) is 5.01. The number of thioether (sulfide) groups is 1. The number of rotatable bonds is 6. The molecule has 1 saturated carbocycles. The molecule has 1 fully saturated rings. The molecule has 174 valence electrons. The van der Waals surface area contributed by atoms with Crippen LogP contribution in [-0.4, -0.2) is 42.3 Å². The molecule has 2 aromatic carbocycles. The number of hydrogen-bond acceptors (Lipinski definition) is 6. The molecule has 0 atom stereocenters. The third-order valence-electron chi connectivity index (χ3n) is 5.83. The number of benzene rings is 2. The quantitative estimate of drug-likeness (QED) is 0.609. The van der Waals surface area contributed by atoms with E-state index in [-0.39, 0.29) is 17.5 Å². The van der Waals surface area contributed by atoms with Crippen molar-refractivity contribution in [3.05, 3.63) is 53.8 Å². The molecule has 0 radical (unpaired) electrons. The molecule has 0 aromatic heterocycles. The van der Waals surface area contributed by atoms with Crippen molar-refractivity contribution in [2.75, 3.05) is 25.3 Å². The fourth-order valence-electron chi connectivity index (χ4n) is 4.14. The van der Waals surface area contributed by atoms with Crippen molar-refractivity contribution in [3.63, 3.8) is 0 Å². The van der Waals surface area contributed by atoms with Gasteiger partial charge in [0.05, 0.1) is 25.7 Å². The highest BCUT2D eigenvalue weighted by molar-refractivity contribution is 8.16. The Morgan fingerprint density at radius 2 is 1.64 bits per heavy atom. The van der Waals surface area contributed by atoms with Crippen LogP contribution < -0.4 is 14.8 Å². The Balaban J connectivity index is 1.57. The minimum absolute atomic E-state index is 0.173. The Morgan fingerprint density at radius 3 is 2.24 bits per heavy atom. The second-order valence-electron chi connectivity index (χ2n) is 8.22. The molecule has 1 aliphatic heterocycles. The van der Waals surface area contributed by atoms with Crippen LogP contribution in [-0.2, 0) is 4.79 Å². The largest absolute Gasteiger partial charge is 0.497 e. The van der Waals surface area contributed by atoms with Crippen molar-refractivity contribution in [2.45, 2.75) is 44.2 Å². The molecule has 1 heterocycles. The molecule has 4 rings (SSSR count). The lowest BCUT2D eigenvalue weighted by Gasteiger charge is -2.20. The maximum atomic E-state index is 13.1. The summed E-state index contributed by atoms with van der Waals surface area (Å²) in [5, 5.41) is 3.56. The van der Waals surface area contributed by atoms with Crippen LogP contribution in [0.2, 0.25) is 0 Å². The Hall–Kier alpha value is -2.87. The van der Waals surface area contributed by atoms with Crippen molar-refractivity contribution in [3.8, 4) is 11.5 Å². The van der Waals surface area contributed by atoms with E-state index in [1.807, 2.05) is 18.2 Å². The number of amides is 1. The minimum Gasteiger partial charge on any atom is -0.497 e. The number of carbonyl (C=O) groups excluding carboxylic acids is 1. The van der Waals surface area contributed by atoms with Gasteiger partial charge in [-0.05, 0) is 62.1 Å². The minimum atomic E-state index is -0.460. The molecule has 1 spiro atoms. The van der Waals surface area contributed by atoms with Crippen LogP contribution in [0.15, 0.2) is 52.4 Å². The average Bonchev–Trinajstić information content (AvgIpc) is 3.03. The topological polar surface area (TPSA) is 72.3 Å². The molecule has 33 heavy (non-hydrogen) atoms. The van der Waals surface area contributed by atoms with Crippen LogP contribution in [0, 0.1) is 5.82 Å².